The molecule has 0 aromatic carbocycles. The summed E-state index contributed by atoms with van der Waals surface area (Å²) < 4.78 is 1.85. The number of rotatable bonds is 7. The van der Waals surface area contributed by atoms with Crippen LogP contribution >= 0.6 is 11.8 Å². The summed E-state index contributed by atoms with van der Waals surface area (Å²) in [5, 5.41) is 8.16. The van der Waals surface area contributed by atoms with E-state index in [1.807, 2.05) is 30.5 Å². The van der Waals surface area contributed by atoms with Gasteiger partial charge in [-0.1, -0.05) is 13.8 Å². The molecule has 0 bridgehead atoms. The largest absolute Gasteiger partial charge is 0.316 e. The van der Waals surface area contributed by atoms with E-state index in [1.165, 1.54) is 6.42 Å². The van der Waals surface area contributed by atoms with Crippen molar-refractivity contribution < 1.29 is 0 Å². The Hall–Kier alpha value is -0.550. The highest BCUT2D eigenvalue weighted by Crippen LogP contribution is 2.15. The van der Waals surface area contributed by atoms with Crippen LogP contribution in [0.2, 0.25) is 0 Å². The fourth-order valence-electron chi connectivity index (χ4n) is 1.37. The van der Waals surface area contributed by atoms with Gasteiger partial charge in [0.05, 0.1) is 0 Å². The average Bonchev–Trinajstić information content (AvgIpc) is 2.69. The van der Waals surface area contributed by atoms with Crippen LogP contribution in [-0.2, 0) is 13.5 Å². The molecule has 16 heavy (non-hydrogen) atoms. The Bertz CT molecular complexity index is 300. The van der Waals surface area contributed by atoms with Crippen molar-refractivity contribution in [1.82, 2.24) is 20.1 Å². The number of hydrogen-bond donors (Lipinski definition) is 1. The first kappa shape index (κ1) is 13.5. The lowest BCUT2D eigenvalue weighted by Gasteiger charge is -2.17. The van der Waals surface area contributed by atoms with Crippen LogP contribution in [0.4, 0.5) is 0 Å². The van der Waals surface area contributed by atoms with Gasteiger partial charge in [0.2, 0.25) is 0 Å². The number of thioether (sulfide) groups is 1. The number of aryl methyl sites for hydroxylation is 1. The Balaban J connectivity index is 2.40. The molecule has 2 unspecified atom stereocenters. The number of aromatic nitrogens is 3. The third-order valence-electron chi connectivity index (χ3n) is 2.80. The van der Waals surface area contributed by atoms with E-state index in [0.29, 0.717) is 6.04 Å². The van der Waals surface area contributed by atoms with Gasteiger partial charge in [0.25, 0.3) is 0 Å². The summed E-state index contributed by atoms with van der Waals surface area (Å²) in [6, 6.07) is 0.474. The molecule has 1 rings (SSSR count). The fourth-order valence-corrected chi connectivity index (χ4v) is 2.45. The van der Waals surface area contributed by atoms with Gasteiger partial charge in [-0.25, -0.2) is 4.98 Å². The van der Waals surface area contributed by atoms with E-state index in [0.717, 1.165) is 23.2 Å². The second kappa shape index (κ2) is 6.91. The van der Waals surface area contributed by atoms with E-state index < -0.39 is 0 Å². The lowest BCUT2D eigenvalue weighted by molar-refractivity contribution is 0.572. The summed E-state index contributed by atoms with van der Waals surface area (Å²) in [5.41, 5.74) is 0. The molecule has 1 N–H and O–H groups in total. The molecule has 0 aliphatic heterocycles. The molecule has 1 aromatic heterocycles. The fraction of sp³-hybridized carbons (Fsp3) is 0.818. The van der Waals surface area contributed by atoms with Crippen LogP contribution in [0.5, 0.6) is 0 Å². The highest BCUT2D eigenvalue weighted by Gasteiger charge is 2.12. The van der Waals surface area contributed by atoms with Crippen molar-refractivity contribution >= 4 is 11.8 Å². The summed E-state index contributed by atoms with van der Waals surface area (Å²) in [5.74, 6) is 2.17. The Kier molecular flexibility index (Phi) is 5.84. The Morgan fingerprint density at radius 1 is 1.56 bits per heavy atom. The van der Waals surface area contributed by atoms with Gasteiger partial charge in [-0.2, -0.15) is 16.9 Å². The lowest BCUT2D eigenvalue weighted by atomic mass is 10.2. The molecule has 92 valence electrons. The smallest absolute Gasteiger partial charge is 0.138 e. The SMILES string of the molecule is CCC(C)SCC(Cc1ncnn1C)NC. The van der Waals surface area contributed by atoms with Crippen LogP contribution in [0.25, 0.3) is 0 Å². The van der Waals surface area contributed by atoms with Gasteiger partial charge in [0.1, 0.15) is 12.2 Å². The highest BCUT2D eigenvalue weighted by atomic mass is 32.2. The van der Waals surface area contributed by atoms with E-state index in [1.54, 1.807) is 6.33 Å². The second-order valence-corrected chi connectivity index (χ2v) is 5.51. The normalized spacial score (nSPS) is 15.0. The van der Waals surface area contributed by atoms with Crippen molar-refractivity contribution in [2.24, 2.45) is 7.05 Å². The molecule has 0 aliphatic carbocycles. The van der Waals surface area contributed by atoms with Gasteiger partial charge >= 0.3 is 0 Å². The molecule has 2 atom stereocenters. The van der Waals surface area contributed by atoms with Gasteiger partial charge in [0, 0.05) is 30.5 Å². The monoisotopic (exact) mass is 242 g/mol. The molecule has 5 heteroatoms. The van der Waals surface area contributed by atoms with Crippen molar-refractivity contribution in [1.29, 1.82) is 0 Å². The number of hydrogen-bond acceptors (Lipinski definition) is 4. The van der Waals surface area contributed by atoms with Crippen LogP contribution in [0, 0.1) is 0 Å². The van der Waals surface area contributed by atoms with E-state index in [2.05, 4.69) is 29.2 Å². The maximum Gasteiger partial charge on any atom is 0.138 e. The second-order valence-electron chi connectivity index (χ2n) is 4.04. The first-order chi connectivity index (χ1) is 7.67. The van der Waals surface area contributed by atoms with Crippen LogP contribution in [0.3, 0.4) is 0 Å². The Morgan fingerprint density at radius 3 is 2.81 bits per heavy atom. The molecule has 1 heterocycles. The minimum Gasteiger partial charge on any atom is -0.316 e. The van der Waals surface area contributed by atoms with Crippen molar-refractivity contribution in [3.05, 3.63) is 12.2 Å². The van der Waals surface area contributed by atoms with Gasteiger partial charge in [0.15, 0.2) is 0 Å². The zero-order valence-electron chi connectivity index (χ0n) is 10.6. The molecule has 0 aliphatic rings. The van der Waals surface area contributed by atoms with Crippen molar-refractivity contribution in [3.63, 3.8) is 0 Å². The minimum absolute atomic E-state index is 0.474. The molecule has 0 saturated carbocycles. The van der Waals surface area contributed by atoms with Crippen LogP contribution < -0.4 is 5.32 Å². The van der Waals surface area contributed by atoms with Crippen LogP contribution in [-0.4, -0.2) is 38.9 Å². The van der Waals surface area contributed by atoms with Crippen molar-refractivity contribution in [2.75, 3.05) is 12.8 Å². The highest BCUT2D eigenvalue weighted by molar-refractivity contribution is 7.99. The van der Waals surface area contributed by atoms with Crippen LogP contribution in [0.1, 0.15) is 26.1 Å². The van der Waals surface area contributed by atoms with E-state index in [9.17, 15) is 0 Å². The first-order valence-electron chi connectivity index (χ1n) is 5.79. The molecule has 0 radical (unpaired) electrons. The van der Waals surface area contributed by atoms with Crippen molar-refractivity contribution in [2.45, 2.75) is 38.0 Å². The topological polar surface area (TPSA) is 42.7 Å². The Labute approximate surface area is 102 Å². The molecular formula is C11H22N4S. The third kappa shape index (κ3) is 4.14. The van der Waals surface area contributed by atoms with Gasteiger partial charge in [-0.3, -0.25) is 4.68 Å². The maximum atomic E-state index is 4.25. The quantitative estimate of drug-likeness (QED) is 0.786. The summed E-state index contributed by atoms with van der Waals surface area (Å²) in [6.45, 7) is 4.51. The number of nitrogens with one attached hydrogen (secondary N) is 1. The molecule has 0 amide bonds. The van der Waals surface area contributed by atoms with E-state index in [4.69, 9.17) is 0 Å². The third-order valence-corrected chi connectivity index (χ3v) is 4.30. The zero-order chi connectivity index (χ0) is 12.0. The number of nitrogens with zero attached hydrogens (tertiary/aromatic N) is 3. The maximum absolute atomic E-state index is 4.25. The predicted molar refractivity (Wildman–Crippen MR) is 69.8 cm³/mol. The van der Waals surface area contributed by atoms with E-state index >= 15 is 0 Å². The molecule has 1 aromatic rings. The molecule has 0 spiro atoms. The molecule has 4 nitrogen and oxygen atoms in total. The summed E-state index contributed by atoms with van der Waals surface area (Å²) >= 11 is 2.02. The first-order valence-corrected chi connectivity index (χ1v) is 6.84. The Morgan fingerprint density at radius 2 is 2.31 bits per heavy atom. The van der Waals surface area contributed by atoms with Gasteiger partial charge < -0.3 is 5.32 Å². The molecule has 0 saturated heterocycles. The average molecular weight is 242 g/mol. The predicted octanol–water partition coefficient (Wildman–Crippen LogP) is 1.48. The molecule has 0 fully saturated rings. The lowest BCUT2D eigenvalue weighted by Crippen LogP contribution is -2.31. The number of likely N-dealkylation sites (N-methyl/N-ethyl adjacent to an activating group) is 1. The standard InChI is InChI=1S/C11H22N4S/c1-5-9(2)16-7-10(12-3)6-11-13-8-14-15(11)4/h8-10,12H,5-7H2,1-4H3. The summed E-state index contributed by atoms with van der Waals surface area (Å²) in [6.07, 6.45) is 3.78. The summed E-state index contributed by atoms with van der Waals surface area (Å²) in [7, 11) is 3.95. The van der Waals surface area contributed by atoms with E-state index in [-0.39, 0.29) is 0 Å². The zero-order valence-corrected chi connectivity index (χ0v) is 11.4. The van der Waals surface area contributed by atoms with Crippen molar-refractivity contribution in [3.8, 4) is 0 Å². The van der Waals surface area contributed by atoms with Gasteiger partial charge in [-0.05, 0) is 13.5 Å². The van der Waals surface area contributed by atoms with Gasteiger partial charge in [-0.15, -0.1) is 0 Å². The summed E-state index contributed by atoms with van der Waals surface area (Å²) in [4.78, 5) is 4.25. The minimum atomic E-state index is 0.474. The van der Waals surface area contributed by atoms with Crippen LogP contribution in [0.15, 0.2) is 6.33 Å². The molecular weight excluding hydrogens is 220 g/mol.